The first-order valence-corrected chi connectivity index (χ1v) is 12.7. The molecule has 2 atom stereocenters. The van der Waals surface area contributed by atoms with E-state index in [4.69, 9.17) is 0 Å². The van der Waals surface area contributed by atoms with Gasteiger partial charge in [-0.15, -0.1) is 0 Å². The molecule has 1 aliphatic heterocycles. The Kier molecular flexibility index (Phi) is 5.63. The molecule has 1 saturated heterocycles. The fourth-order valence-corrected chi connectivity index (χ4v) is 5.48. The van der Waals surface area contributed by atoms with Crippen LogP contribution in [0.5, 0.6) is 0 Å². The molecular weight excluding hydrogens is 473 g/mol. The minimum Gasteiger partial charge on any atom is -0.388 e. The number of halogens is 3. The van der Waals surface area contributed by atoms with Crippen molar-refractivity contribution in [3.8, 4) is 5.69 Å². The quantitative estimate of drug-likeness (QED) is 0.535. The van der Waals surface area contributed by atoms with Gasteiger partial charge in [0, 0.05) is 24.4 Å². The van der Waals surface area contributed by atoms with Crippen molar-refractivity contribution >= 4 is 32.6 Å². The van der Waals surface area contributed by atoms with Gasteiger partial charge >= 0.3 is 0 Å². The second-order valence-electron chi connectivity index (χ2n) is 8.81. The van der Waals surface area contributed by atoms with Crippen molar-refractivity contribution < 1.29 is 26.7 Å². The van der Waals surface area contributed by atoms with Gasteiger partial charge in [0.15, 0.2) is 5.65 Å². The molecule has 9 nitrogen and oxygen atoms in total. The van der Waals surface area contributed by atoms with Gasteiger partial charge in [0.2, 0.25) is 5.95 Å². The number of rotatable bonds is 6. The van der Waals surface area contributed by atoms with Crippen LogP contribution in [0, 0.1) is 0 Å². The molecule has 0 unspecified atom stereocenters. The van der Waals surface area contributed by atoms with E-state index in [1.54, 1.807) is 11.0 Å². The molecule has 182 valence electrons. The summed E-state index contributed by atoms with van der Waals surface area (Å²) < 4.78 is 65.4. The lowest BCUT2D eigenvalue weighted by Crippen LogP contribution is -2.43. The highest BCUT2D eigenvalue weighted by atomic mass is 32.2. The number of benzene rings is 1. The minimum atomic E-state index is -3.14. The van der Waals surface area contributed by atoms with Crippen molar-refractivity contribution in [1.82, 2.24) is 19.7 Å². The zero-order valence-electron chi connectivity index (χ0n) is 18.1. The Morgan fingerprint density at radius 2 is 1.97 bits per heavy atom. The molecule has 1 aliphatic carbocycles. The molecule has 3 heterocycles. The summed E-state index contributed by atoms with van der Waals surface area (Å²) in [5.74, 6) is 0.532. The van der Waals surface area contributed by atoms with E-state index in [2.05, 4.69) is 20.4 Å². The summed E-state index contributed by atoms with van der Waals surface area (Å²) in [5, 5.41) is 17.4. The Morgan fingerprint density at radius 3 is 2.62 bits per heavy atom. The van der Waals surface area contributed by atoms with Crippen molar-refractivity contribution in [2.24, 2.45) is 0 Å². The number of aromatic nitrogens is 4. The van der Waals surface area contributed by atoms with Gasteiger partial charge in [-0.25, -0.2) is 26.3 Å². The molecule has 2 N–H and O–H groups in total. The van der Waals surface area contributed by atoms with Gasteiger partial charge in [-0.1, -0.05) is 12.1 Å². The van der Waals surface area contributed by atoms with E-state index >= 15 is 0 Å². The number of sulfone groups is 1. The normalized spacial score (nSPS) is 25.2. The largest absolute Gasteiger partial charge is 0.388 e. The van der Waals surface area contributed by atoms with Gasteiger partial charge in [0.1, 0.15) is 27.9 Å². The molecule has 2 aromatic heterocycles. The van der Waals surface area contributed by atoms with Gasteiger partial charge in [0.05, 0.1) is 29.1 Å². The van der Waals surface area contributed by atoms with Crippen molar-refractivity contribution in [1.29, 1.82) is 0 Å². The molecule has 0 radical (unpaired) electrons. The number of hydrogen-bond donors (Lipinski definition) is 2. The number of nitrogens with zero attached hydrogens (tertiary/aromatic N) is 5. The van der Waals surface area contributed by atoms with Crippen LogP contribution in [0.4, 0.5) is 24.9 Å². The van der Waals surface area contributed by atoms with Crippen LogP contribution in [-0.4, -0.2) is 76.2 Å². The highest BCUT2D eigenvalue weighted by Gasteiger charge is 2.37. The zero-order chi connectivity index (χ0) is 24.2. The first-order chi connectivity index (χ1) is 16.1. The average Bonchev–Trinajstić information content (AvgIpc) is 3.32. The van der Waals surface area contributed by atoms with E-state index in [0.717, 1.165) is 0 Å². The maximum absolute atomic E-state index is 14.1. The molecule has 0 amide bonds. The van der Waals surface area contributed by atoms with Crippen LogP contribution < -0.4 is 10.2 Å². The van der Waals surface area contributed by atoms with Gasteiger partial charge in [-0.3, -0.25) is 0 Å². The summed E-state index contributed by atoms with van der Waals surface area (Å²) >= 11 is 0. The van der Waals surface area contributed by atoms with Crippen molar-refractivity contribution in [3.05, 3.63) is 36.0 Å². The van der Waals surface area contributed by atoms with Gasteiger partial charge in [-0.05, 0) is 25.0 Å². The molecule has 3 aromatic rings. The molecule has 2 fully saturated rings. The average molecular weight is 497 g/mol. The number of aliphatic hydroxyl groups is 1. The number of hydrogen-bond acceptors (Lipinski definition) is 8. The third kappa shape index (κ3) is 4.17. The van der Waals surface area contributed by atoms with Crippen LogP contribution in [0.3, 0.4) is 0 Å². The smallest absolute Gasteiger partial charge is 0.263 e. The lowest BCUT2D eigenvalue weighted by atomic mass is 9.92. The molecular formula is C21H23F3N6O3S. The van der Waals surface area contributed by atoms with Crippen molar-refractivity contribution in [2.45, 2.75) is 42.8 Å². The Balaban J connectivity index is 1.55. The fourth-order valence-electron chi connectivity index (χ4n) is 4.32. The number of fused-ring (bicyclic) bond motifs is 1. The molecule has 1 aromatic carbocycles. The zero-order valence-corrected chi connectivity index (χ0v) is 19.0. The molecule has 2 aliphatic rings. The molecule has 0 spiro atoms. The Morgan fingerprint density at radius 1 is 1.21 bits per heavy atom. The van der Waals surface area contributed by atoms with Crippen LogP contribution in [0.15, 0.2) is 30.5 Å². The summed E-state index contributed by atoms with van der Waals surface area (Å²) in [6.45, 7) is -0.0449. The van der Waals surface area contributed by atoms with Crippen LogP contribution in [-0.2, 0) is 9.84 Å². The molecule has 0 bridgehead atoms. The molecule has 13 heteroatoms. The first kappa shape index (κ1) is 22.8. The van der Waals surface area contributed by atoms with E-state index in [0.29, 0.717) is 35.4 Å². The second-order valence-corrected chi connectivity index (χ2v) is 11.1. The van der Waals surface area contributed by atoms with Crippen LogP contribution >= 0.6 is 0 Å². The highest BCUT2D eigenvalue weighted by Crippen LogP contribution is 2.33. The van der Waals surface area contributed by atoms with Crippen LogP contribution in [0.2, 0.25) is 0 Å². The lowest BCUT2D eigenvalue weighted by molar-refractivity contribution is 0.118. The third-order valence-electron chi connectivity index (χ3n) is 6.33. The summed E-state index contributed by atoms with van der Waals surface area (Å²) in [5.41, 5.74) is 0.515. The minimum absolute atomic E-state index is 0.0261. The van der Waals surface area contributed by atoms with Crippen molar-refractivity contribution in [3.63, 3.8) is 0 Å². The van der Waals surface area contributed by atoms with Gasteiger partial charge in [-0.2, -0.15) is 15.1 Å². The summed E-state index contributed by atoms with van der Waals surface area (Å²) in [6.07, 6.45) is -1.78. The Bertz CT molecular complexity index is 1320. The predicted octanol–water partition coefficient (Wildman–Crippen LogP) is 2.26. The number of alkyl halides is 3. The Labute approximate surface area is 193 Å². The maximum atomic E-state index is 14.1. The SMILES string of the molecule is CS(=O)(=O)C1CC(Nc2nc(N3C[C@@H](O)[C@H](F)C3)c3cnn(-c4cccc(C(F)F)c4)c3n2)C1. The van der Waals surface area contributed by atoms with E-state index in [9.17, 15) is 26.7 Å². The summed E-state index contributed by atoms with van der Waals surface area (Å²) in [6, 6.07) is 5.57. The van der Waals surface area contributed by atoms with Crippen LogP contribution in [0.1, 0.15) is 24.8 Å². The third-order valence-corrected chi connectivity index (χ3v) is 7.92. The van der Waals surface area contributed by atoms with E-state index in [1.165, 1.54) is 35.3 Å². The summed E-state index contributed by atoms with van der Waals surface area (Å²) in [7, 11) is -3.14. The number of nitrogens with one attached hydrogen (secondary N) is 1. The first-order valence-electron chi connectivity index (χ1n) is 10.8. The monoisotopic (exact) mass is 496 g/mol. The highest BCUT2D eigenvalue weighted by molar-refractivity contribution is 7.91. The van der Waals surface area contributed by atoms with Crippen molar-refractivity contribution in [2.75, 3.05) is 29.6 Å². The van der Waals surface area contributed by atoms with E-state index in [1.807, 2.05) is 0 Å². The van der Waals surface area contributed by atoms with E-state index < -0.39 is 33.8 Å². The van der Waals surface area contributed by atoms with Gasteiger partial charge in [0.25, 0.3) is 6.43 Å². The standard InChI is InChI=1S/C21H23F3N6O3S/c1-34(32,33)14-6-12(7-14)26-21-27-19(29-9-16(22)17(31)10-29)15-8-25-30(20(15)28-21)13-4-2-3-11(5-13)18(23)24/h2-5,8,12,14,16-18,31H,6-7,9-10H2,1H3,(H,26,27,28)/t12?,14?,16-,17-/m1/s1. The lowest BCUT2D eigenvalue weighted by Gasteiger charge is -2.34. The predicted molar refractivity (Wildman–Crippen MR) is 120 cm³/mol. The number of anilines is 2. The molecule has 34 heavy (non-hydrogen) atoms. The second kappa shape index (κ2) is 8.38. The van der Waals surface area contributed by atoms with Gasteiger partial charge < -0.3 is 15.3 Å². The fraction of sp³-hybridized carbons (Fsp3) is 0.476. The number of β-amino-alcohol motifs (C(OH)–C–C–N with tert-alkyl or cyclic N) is 1. The topological polar surface area (TPSA) is 113 Å². The molecule has 5 rings (SSSR count). The molecule has 1 saturated carbocycles. The van der Waals surface area contributed by atoms with E-state index in [-0.39, 0.29) is 30.6 Å². The van der Waals surface area contributed by atoms with Crippen LogP contribution in [0.25, 0.3) is 16.7 Å². The maximum Gasteiger partial charge on any atom is 0.263 e. The Hall–Kier alpha value is -2.93. The summed E-state index contributed by atoms with van der Waals surface area (Å²) in [4.78, 5) is 10.6. The number of aliphatic hydroxyl groups excluding tert-OH is 1.